The van der Waals surface area contributed by atoms with Gasteiger partial charge in [-0.1, -0.05) is 25.1 Å². The number of fused-ring (bicyclic) bond motifs is 1. The van der Waals surface area contributed by atoms with E-state index < -0.39 is 29.8 Å². The maximum atomic E-state index is 13.1. The highest BCUT2D eigenvalue weighted by Gasteiger charge is 2.33. The summed E-state index contributed by atoms with van der Waals surface area (Å²) in [5, 5.41) is 13.2. The van der Waals surface area contributed by atoms with Crippen molar-refractivity contribution in [2.45, 2.75) is 18.9 Å². The molecular formula is C23H23FN4O4. The molecule has 1 fully saturated rings. The van der Waals surface area contributed by atoms with E-state index in [1.54, 1.807) is 13.1 Å². The molecule has 0 unspecified atom stereocenters. The Balaban J connectivity index is 1.45. The van der Waals surface area contributed by atoms with Crippen LogP contribution in [0.2, 0.25) is 0 Å². The number of benzene rings is 2. The van der Waals surface area contributed by atoms with E-state index in [2.05, 4.69) is 10.3 Å². The van der Waals surface area contributed by atoms with Crippen molar-refractivity contribution < 1.29 is 23.9 Å². The number of carbonyl (C=O) groups is 3. The van der Waals surface area contributed by atoms with Crippen molar-refractivity contribution in [1.82, 2.24) is 15.2 Å². The highest BCUT2D eigenvalue weighted by atomic mass is 19.1. The van der Waals surface area contributed by atoms with Crippen LogP contribution in [0.25, 0.3) is 10.9 Å². The molecule has 2 heterocycles. The number of hydrogen-bond acceptors (Lipinski definition) is 3. The zero-order valence-electron chi connectivity index (χ0n) is 17.4. The Hall–Kier alpha value is -3.88. The number of nitrogens with zero attached hydrogens (tertiary/aromatic N) is 2. The summed E-state index contributed by atoms with van der Waals surface area (Å²) < 4.78 is 13.1. The molecule has 1 aromatic heterocycles. The first-order valence-electron chi connectivity index (χ1n) is 10.3. The summed E-state index contributed by atoms with van der Waals surface area (Å²) >= 11 is 0. The largest absolute Gasteiger partial charge is 0.480 e. The number of aromatic nitrogens is 1. The molecule has 0 radical (unpaired) electrons. The Kier molecular flexibility index (Phi) is 5.81. The third-order valence-corrected chi connectivity index (χ3v) is 5.80. The van der Waals surface area contributed by atoms with E-state index in [-0.39, 0.29) is 25.5 Å². The number of para-hydroxylation sites is 1. The lowest BCUT2D eigenvalue weighted by molar-refractivity contribution is -0.139. The van der Waals surface area contributed by atoms with Crippen LogP contribution < -0.4 is 10.2 Å². The third-order valence-electron chi connectivity index (χ3n) is 5.80. The van der Waals surface area contributed by atoms with Crippen LogP contribution in [-0.4, -0.2) is 58.6 Å². The summed E-state index contributed by atoms with van der Waals surface area (Å²) in [5.74, 6) is -2.39. The molecule has 0 aliphatic carbocycles. The first-order chi connectivity index (χ1) is 15.3. The fourth-order valence-electron chi connectivity index (χ4n) is 4.02. The van der Waals surface area contributed by atoms with Gasteiger partial charge in [0, 0.05) is 41.8 Å². The number of amides is 3. The van der Waals surface area contributed by atoms with Crippen LogP contribution in [0, 0.1) is 5.82 Å². The molecule has 1 aliphatic heterocycles. The molecular weight excluding hydrogens is 415 g/mol. The predicted octanol–water partition coefficient (Wildman–Crippen LogP) is 2.92. The van der Waals surface area contributed by atoms with Gasteiger partial charge < -0.3 is 25.2 Å². The molecule has 3 amide bonds. The van der Waals surface area contributed by atoms with Crippen molar-refractivity contribution in [2.75, 3.05) is 24.5 Å². The molecule has 32 heavy (non-hydrogen) atoms. The van der Waals surface area contributed by atoms with Gasteiger partial charge in [0.1, 0.15) is 18.4 Å². The average molecular weight is 438 g/mol. The standard InChI is InChI=1S/C23H23FN4O4/c1-14(18-12-25-19-5-3-2-4-17(18)19)21(22(30)31)26-23(32)27-10-11-28(20(29)13-27)16-8-6-15(24)7-9-16/h2-9,12,14,21,25H,10-11,13H2,1H3,(H,26,32)(H,30,31)/t14-,21+/m0/s1. The number of nitrogens with one attached hydrogen (secondary N) is 2. The number of carboxylic acids is 1. The number of halogens is 1. The lowest BCUT2D eigenvalue weighted by atomic mass is 9.93. The Morgan fingerprint density at radius 3 is 2.53 bits per heavy atom. The van der Waals surface area contributed by atoms with Gasteiger partial charge in [-0.3, -0.25) is 4.79 Å². The number of hydrogen-bond donors (Lipinski definition) is 3. The highest BCUT2D eigenvalue weighted by Crippen LogP contribution is 2.28. The van der Waals surface area contributed by atoms with E-state index in [4.69, 9.17) is 0 Å². The van der Waals surface area contributed by atoms with Crippen LogP contribution in [0.15, 0.2) is 54.7 Å². The number of H-pyrrole nitrogens is 1. The second-order valence-electron chi connectivity index (χ2n) is 7.79. The van der Waals surface area contributed by atoms with E-state index in [0.29, 0.717) is 5.69 Å². The van der Waals surface area contributed by atoms with Crippen molar-refractivity contribution in [1.29, 1.82) is 0 Å². The summed E-state index contributed by atoms with van der Waals surface area (Å²) in [5.41, 5.74) is 2.21. The summed E-state index contributed by atoms with van der Waals surface area (Å²) in [7, 11) is 0. The van der Waals surface area contributed by atoms with Crippen molar-refractivity contribution in [3.63, 3.8) is 0 Å². The highest BCUT2D eigenvalue weighted by molar-refractivity contribution is 5.98. The normalized spacial score (nSPS) is 16.1. The Morgan fingerprint density at radius 1 is 1.12 bits per heavy atom. The van der Waals surface area contributed by atoms with Crippen LogP contribution >= 0.6 is 0 Å². The molecule has 3 aromatic rings. The molecule has 1 aliphatic rings. The zero-order valence-corrected chi connectivity index (χ0v) is 17.4. The third kappa shape index (κ3) is 4.14. The van der Waals surface area contributed by atoms with Gasteiger partial charge in [0.25, 0.3) is 0 Å². The van der Waals surface area contributed by atoms with Gasteiger partial charge in [-0.2, -0.15) is 0 Å². The Morgan fingerprint density at radius 2 is 1.84 bits per heavy atom. The molecule has 0 saturated carbocycles. The van der Waals surface area contributed by atoms with Crippen LogP contribution in [0.1, 0.15) is 18.4 Å². The van der Waals surface area contributed by atoms with E-state index in [9.17, 15) is 23.9 Å². The molecule has 4 rings (SSSR count). The number of piperazine rings is 1. The number of aromatic amines is 1. The maximum absolute atomic E-state index is 13.1. The zero-order chi connectivity index (χ0) is 22.8. The Labute approximate surface area is 183 Å². The van der Waals surface area contributed by atoms with Crippen LogP contribution in [0.3, 0.4) is 0 Å². The minimum absolute atomic E-state index is 0.197. The van der Waals surface area contributed by atoms with Gasteiger partial charge in [-0.15, -0.1) is 0 Å². The van der Waals surface area contributed by atoms with Crippen molar-refractivity contribution in [3.8, 4) is 0 Å². The number of urea groups is 1. The molecule has 0 spiro atoms. The lowest BCUT2D eigenvalue weighted by Crippen LogP contribution is -2.57. The van der Waals surface area contributed by atoms with Gasteiger partial charge >= 0.3 is 12.0 Å². The molecule has 2 aromatic carbocycles. The first kappa shape index (κ1) is 21.4. The van der Waals surface area contributed by atoms with Gasteiger partial charge in [0.2, 0.25) is 5.91 Å². The van der Waals surface area contributed by atoms with E-state index in [1.165, 1.54) is 34.1 Å². The summed E-state index contributed by atoms with van der Waals surface area (Å²) in [6.07, 6.45) is 1.75. The SMILES string of the molecule is C[C@@H](c1c[nH]c2ccccc12)[C@@H](NC(=O)N1CCN(c2ccc(F)cc2)C(=O)C1)C(=O)O. The number of anilines is 1. The smallest absolute Gasteiger partial charge is 0.326 e. The van der Waals surface area contributed by atoms with Crippen molar-refractivity contribution >= 4 is 34.5 Å². The number of carboxylic acid groups (broad SMARTS) is 1. The molecule has 0 bridgehead atoms. The fraction of sp³-hybridized carbons (Fsp3) is 0.261. The predicted molar refractivity (Wildman–Crippen MR) is 117 cm³/mol. The van der Waals surface area contributed by atoms with E-state index in [0.717, 1.165) is 16.5 Å². The van der Waals surface area contributed by atoms with Gasteiger partial charge in [0.15, 0.2) is 0 Å². The van der Waals surface area contributed by atoms with E-state index >= 15 is 0 Å². The van der Waals surface area contributed by atoms with Crippen LogP contribution in [0.5, 0.6) is 0 Å². The van der Waals surface area contributed by atoms with Crippen molar-refractivity contribution in [3.05, 3.63) is 66.1 Å². The fourth-order valence-corrected chi connectivity index (χ4v) is 4.02. The minimum Gasteiger partial charge on any atom is -0.480 e. The second-order valence-corrected chi connectivity index (χ2v) is 7.79. The summed E-state index contributed by atoms with van der Waals surface area (Å²) in [6.45, 7) is 2.00. The summed E-state index contributed by atoms with van der Waals surface area (Å²) in [4.78, 5) is 43.2. The van der Waals surface area contributed by atoms with E-state index in [1.807, 2.05) is 24.3 Å². The molecule has 8 nitrogen and oxygen atoms in total. The monoisotopic (exact) mass is 438 g/mol. The van der Waals surface area contributed by atoms with Crippen molar-refractivity contribution in [2.24, 2.45) is 0 Å². The number of rotatable bonds is 5. The van der Waals surface area contributed by atoms with Crippen LogP contribution in [-0.2, 0) is 9.59 Å². The van der Waals surface area contributed by atoms with Gasteiger partial charge in [-0.25, -0.2) is 14.0 Å². The van der Waals surface area contributed by atoms with Gasteiger partial charge in [0.05, 0.1) is 0 Å². The molecule has 2 atom stereocenters. The summed E-state index contributed by atoms with van der Waals surface area (Å²) in [6, 6.07) is 11.3. The maximum Gasteiger partial charge on any atom is 0.326 e. The van der Waals surface area contributed by atoms with Gasteiger partial charge in [-0.05, 0) is 35.9 Å². The number of carbonyl (C=O) groups excluding carboxylic acids is 2. The number of aliphatic carboxylic acids is 1. The molecule has 1 saturated heterocycles. The topological polar surface area (TPSA) is 106 Å². The first-order valence-corrected chi connectivity index (χ1v) is 10.3. The molecule has 9 heteroatoms. The quantitative estimate of drug-likeness (QED) is 0.570. The molecule has 3 N–H and O–H groups in total. The average Bonchev–Trinajstić information content (AvgIpc) is 3.21. The lowest BCUT2D eigenvalue weighted by Gasteiger charge is -2.35. The Bertz CT molecular complexity index is 1160. The minimum atomic E-state index is -1.17. The second kappa shape index (κ2) is 8.70. The van der Waals surface area contributed by atoms with Crippen LogP contribution in [0.4, 0.5) is 14.9 Å². The molecule has 166 valence electrons.